The molecule has 8 aromatic carbocycles. The summed E-state index contributed by atoms with van der Waals surface area (Å²) in [5, 5.41) is 30.4. The molecule has 0 amide bonds. The normalized spacial score (nSPS) is 13.1. The van der Waals surface area contributed by atoms with Crippen molar-refractivity contribution in [3.8, 4) is 56.6 Å². The molecule has 2 N–H and O–H groups in total. The third-order valence-corrected chi connectivity index (χ3v) is 18.3. The number of benzene rings is 8. The number of rotatable bonds is 10. The van der Waals surface area contributed by atoms with Gasteiger partial charge in [0.05, 0.1) is 46.7 Å². The minimum Gasteiger partial charge on any atom is -0.505 e. The average molecular weight is 1170 g/mol. The molecule has 87 heavy (non-hydrogen) atoms. The van der Waals surface area contributed by atoms with Gasteiger partial charge in [-0.05, 0) is 176 Å². The van der Waals surface area contributed by atoms with Crippen LogP contribution >= 0.6 is 0 Å². The first-order valence-corrected chi connectivity index (χ1v) is 31.1. The van der Waals surface area contributed by atoms with Crippen LogP contribution in [-0.2, 0) is 32.5 Å². The fourth-order valence-electron chi connectivity index (χ4n) is 12.2. The lowest BCUT2D eigenvalue weighted by Crippen LogP contribution is -2.14. The Hall–Kier alpha value is -7.58. The number of phenolic OH excluding ortho intramolecular Hbond substituents is 2. The van der Waals surface area contributed by atoms with E-state index >= 15 is 8.78 Å². The van der Waals surface area contributed by atoms with E-state index in [2.05, 4.69) is 219 Å². The molecular formula is C79H92F2N2O4. The second kappa shape index (κ2) is 21.6. The molecule has 456 valence electrons. The zero-order valence-corrected chi connectivity index (χ0v) is 55.9. The van der Waals surface area contributed by atoms with Crippen LogP contribution < -0.4 is 9.47 Å². The summed E-state index contributed by atoms with van der Waals surface area (Å²) in [6.45, 7) is 47.1. The predicted molar refractivity (Wildman–Crippen MR) is 362 cm³/mol. The lowest BCUT2D eigenvalue weighted by Gasteiger charge is -2.26. The van der Waals surface area contributed by atoms with Gasteiger partial charge in [-0.2, -0.15) is 0 Å². The highest BCUT2D eigenvalue weighted by atomic mass is 19.1. The molecule has 6 nitrogen and oxygen atoms in total. The topological polar surface area (TPSA) is 68.8 Å². The summed E-state index contributed by atoms with van der Waals surface area (Å²) in [4.78, 5) is 0. The van der Waals surface area contributed by atoms with Crippen molar-refractivity contribution in [2.75, 3.05) is 13.2 Å². The van der Waals surface area contributed by atoms with Gasteiger partial charge in [0.2, 0.25) is 0 Å². The third-order valence-electron chi connectivity index (χ3n) is 18.3. The van der Waals surface area contributed by atoms with E-state index in [4.69, 9.17) is 9.47 Å². The van der Waals surface area contributed by atoms with E-state index in [1.165, 1.54) is 34.4 Å². The predicted octanol–water partition coefficient (Wildman–Crippen LogP) is 21.8. The van der Waals surface area contributed by atoms with Crippen molar-refractivity contribution in [1.29, 1.82) is 0 Å². The molecule has 0 radical (unpaired) electrons. The Balaban J connectivity index is 1.06. The van der Waals surface area contributed by atoms with Crippen LogP contribution in [0, 0.1) is 39.3 Å². The van der Waals surface area contributed by atoms with E-state index < -0.39 is 11.6 Å². The van der Waals surface area contributed by atoms with E-state index in [0.717, 1.165) is 54.7 Å². The average Bonchev–Trinajstić information content (AvgIpc) is 1.64. The van der Waals surface area contributed by atoms with E-state index in [9.17, 15) is 10.2 Å². The number of aromatic nitrogens is 2. The molecule has 0 saturated carbocycles. The number of hydrogen-bond acceptors (Lipinski definition) is 4. The van der Waals surface area contributed by atoms with Crippen molar-refractivity contribution in [2.24, 2.45) is 0 Å². The smallest absolute Gasteiger partial charge is 0.147 e. The second-order valence-corrected chi connectivity index (χ2v) is 30.9. The van der Waals surface area contributed by atoms with Gasteiger partial charge < -0.3 is 28.8 Å². The molecule has 2 aromatic heterocycles. The van der Waals surface area contributed by atoms with Crippen LogP contribution in [0.4, 0.5) is 8.78 Å². The highest BCUT2D eigenvalue weighted by Crippen LogP contribution is 2.50. The quantitative estimate of drug-likeness (QED) is 0.134. The Labute approximate surface area is 516 Å². The van der Waals surface area contributed by atoms with Gasteiger partial charge in [0.1, 0.15) is 34.6 Å². The maximum atomic E-state index is 16.5. The molecule has 2 heterocycles. The molecule has 0 atom stereocenters. The third kappa shape index (κ3) is 11.4. The molecule has 0 aliphatic rings. The van der Waals surface area contributed by atoms with Crippen LogP contribution in [0.3, 0.4) is 0 Å². The fraction of sp³-hybridized carbons (Fsp3) is 0.392. The number of nitrogens with zero attached hydrogens (tertiary/aromatic N) is 2. The number of halogens is 2. The van der Waals surface area contributed by atoms with Crippen LogP contribution in [0.15, 0.2) is 109 Å². The molecule has 8 heteroatoms. The molecule has 0 fully saturated rings. The summed E-state index contributed by atoms with van der Waals surface area (Å²) in [6.07, 6.45) is 0.393. The highest BCUT2D eigenvalue weighted by molar-refractivity contribution is 6.11. The fourth-order valence-corrected chi connectivity index (χ4v) is 12.2. The molecule has 0 bridgehead atoms. The summed E-state index contributed by atoms with van der Waals surface area (Å²) in [6, 6.07) is 37.8. The molecule has 0 spiro atoms. The number of ether oxygens (including phenoxy) is 2. The first kappa shape index (κ1) is 62.5. The number of hydrogen-bond donors (Lipinski definition) is 2. The van der Waals surface area contributed by atoms with Gasteiger partial charge in [-0.1, -0.05) is 173 Å². The maximum absolute atomic E-state index is 16.5. The largest absolute Gasteiger partial charge is 0.505 e. The molecule has 0 unspecified atom stereocenters. The van der Waals surface area contributed by atoms with Crippen LogP contribution in [0.25, 0.3) is 77.2 Å². The lowest BCUT2D eigenvalue weighted by molar-refractivity contribution is 0.246. The van der Waals surface area contributed by atoms with Crippen molar-refractivity contribution in [1.82, 2.24) is 9.13 Å². The molecule has 10 aromatic rings. The number of aromatic hydroxyl groups is 2. The zero-order valence-electron chi connectivity index (χ0n) is 55.9. The van der Waals surface area contributed by atoms with Crippen LogP contribution in [0.5, 0.6) is 23.0 Å². The summed E-state index contributed by atoms with van der Waals surface area (Å²) < 4.78 is 51.0. The van der Waals surface area contributed by atoms with E-state index in [1.807, 2.05) is 26.0 Å². The maximum Gasteiger partial charge on any atom is 0.147 e. The minimum absolute atomic E-state index is 0.0130. The van der Waals surface area contributed by atoms with Gasteiger partial charge >= 0.3 is 0 Å². The van der Waals surface area contributed by atoms with Crippen molar-refractivity contribution >= 4 is 43.6 Å². The molecule has 0 aliphatic heterocycles. The van der Waals surface area contributed by atoms with Gasteiger partial charge in [-0.3, -0.25) is 0 Å². The molecular weight excluding hydrogens is 1080 g/mol. The van der Waals surface area contributed by atoms with Crippen LogP contribution in [0.1, 0.15) is 187 Å². The van der Waals surface area contributed by atoms with Crippen LogP contribution in [-0.4, -0.2) is 32.6 Å². The van der Waals surface area contributed by atoms with Crippen molar-refractivity contribution < 1.29 is 28.5 Å². The highest BCUT2D eigenvalue weighted by Gasteiger charge is 2.31. The summed E-state index contributed by atoms with van der Waals surface area (Å²) >= 11 is 0. The van der Waals surface area contributed by atoms with Gasteiger partial charge in [-0.25, -0.2) is 8.78 Å². The summed E-state index contributed by atoms with van der Waals surface area (Å²) in [7, 11) is 0. The van der Waals surface area contributed by atoms with Gasteiger partial charge in [-0.15, -0.1) is 0 Å². The number of fused-ring (bicyclic) bond motifs is 6. The van der Waals surface area contributed by atoms with E-state index in [0.29, 0.717) is 73.8 Å². The number of phenols is 2. The Morgan fingerprint density at radius 2 is 0.598 bits per heavy atom. The minimum atomic E-state index is -0.402. The van der Waals surface area contributed by atoms with E-state index in [1.54, 1.807) is 13.8 Å². The van der Waals surface area contributed by atoms with Crippen molar-refractivity contribution in [3.05, 3.63) is 176 Å². The van der Waals surface area contributed by atoms with Crippen LogP contribution in [0.2, 0.25) is 0 Å². The Bertz CT molecular complexity index is 3970. The Morgan fingerprint density at radius 1 is 0.333 bits per heavy atom. The standard InChI is InChI=1S/C79H92F2N2O4/c1-44-46(3)72(60(42-62(44)80)58-34-52(78(17,18)19)40-68(70(58)84)82-64-36-48(74(5,6)7)24-28-54(64)55-29-25-49(37-65(55)82)75(8,9)10)86-32-23-33-87-73-47(4)45(2)63(81)43-61(73)59-35-53(79(20,21)22)41-69(71(59)85)83-66-38-50(76(11,12)13)26-30-56(66)57-31-27-51(39-67(57)83)77(14,15)16/h24-31,34-43,84-85H,23,32-33H2,1-22H3. The first-order valence-electron chi connectivity index (χ1n) is 31.1. The van der Waals surface area contributed by atoms with E-state index in [-0.39, 0.29) is 57.2 Å². The van der Waals surface area contributed by atoms with Gasteiger partial charge in [0.25, 0.3) is 0 Å². The van der Waals surface area contributed by atoms with Crippen molar-refractivity contribution in [3.63, 3.8) is 0 Å². The van der Waals surface area contributed by atoms with Gasteiger partial charge in [0, 0.05) is 50.2 Å². The molecule has 0 aliphatic carbocycles. The second-order valence-electron chi connectivity index (χ2n) is 30.9. The lowest BCUT2D eigenvalue weighted by atomic mass is 9.84. The monoisotopic (exact) mass is 1170 g/mol. The van der Waals surface area contributed by atoms with Gasteiger partial charge in [0.15, 0.2) is 0 Å². The first-order chi connectivity index (χ1) is 40.3. The molecule has 0 saturated heterocycles. The SMILES string of the molecule is Cc1c(F)cc(-c2cc(C(C)(C)C)cc(-n3c4cc(C(C)(C)C)ccc4c4ccc(C(C)(C)C)cc43)c2O)c(OCCCOc2c(-c3cc(C(C)(C)C)cc(-n4c5cc(C(C)(C)C)ccc5c5ccc(C(C)(C)C)cc54)c3O)cc(F)c(C)c2C)c1C. The Morgan fingerprint density at radius 3 is 0.851 bits per heavy atom. The zero-order chi connectivity index (χ0) is 63.7. The summed E-state index contributed by atoms with van der Waals surface area (Å²) in [5.74, 6) is 0.155. The molecule has 10 rings (SSSR count). The Kier molecular flexibility index (Phi) is 15.5. The van der Waals surface area contributed by atoms with Crippen molar-refractivity contribution in [2.45, 2.75) is 191 Å². The summed E-state index contributed by atoms with van der Waals surface area (Å²) in [5.41, 5.74) is 14.3.